The summed E-state index contributed by atoms with van der Waals surface area (Å²) >= 11 is 0. The average Bonchev–Trinajstić information content (AvgIpc) is 2.32. The summed E-state index contributed by atoms with van der Waals surface area (Å²) in [4.78, 5) is 0. The first-order valence-corrected chi connectivity index (χ1v) is 7.95. The first kappa shape index (κ1) is 15.4. The molecule has 0 aromatic heterocycles. The lowest BCUT2D eigenvalue weighted by Gasteiger charge is -2.16. The van der Waals surface area contributed by atoms with Gasteiger partial charge in [0.2, 0.25) is 0 Å². The van der Waals surface area contributed by atoms with Gasteiger partial charge in [0.25, 0.3) is 0 Å². The third-order valence-corrected chi connectivity index (χ3v) is 4.63. The zero-order chi connectivity index (χ0) is 13.4. The van der Waals surface area contributed by atoms with E-state index in [0.717, 1.165) is 12.0 Å². The molecule has 0 atom stereocenters. The molecule has 0 aliphatic heterocycles. The monoisotopic (exact) mass is 274 g/mol. The van der Waals surface area contributed by atoms with Gasteiger partial charge in [-0.2, -0.15) is 0 Å². The quantitative estimate of drug-likeness (QED) is 0.671. The molecule has 102 valence electrons. The predicted octanol–water partition coefficient (Wildman–Crippen LogP) is 4.02. The van der Waals surface area contributed by atoms with E-state index in [0.29, 0.717) is 25.8 Å². The van der Waals surface area contributed by atoms with E-state index in [2.05, 4.69) is 0 Å². The second-order valence-corrected chi connectivity index (χ2v) is 6.09. The van der Waals surface area contributed by atoms with Crippen LogP contribution in [0.2, 0.25) is 0 Å². The zero-order valence-corrected chi connectivity index (χ0v) is 11.8. The highest BCUT2D eigenvalue weighted by molar-refractivity contribution is 7.53. The minimum absolute atomic E-state index is 0.243. The number of benzene rings is 1. The van der Waals surface area contributed by atoms with Crippen molar-refractivity contribution < 1.29 is 18.0 Å². The summed E-state index contributed by atoms with van der Waals surface area (Å²) in [6, 6.07) is 6.34. The van der Waals surface area contributed by atoms with Gasteiger partial charge in [0.05, 0.1) is 19.4 Å². The van der Waals surface area contributed by atoms with Crippen LogP contribution in [0.25, 0.3) is 0 Å². The summed E-state index contributed by atoms with van der Waals surface area (Å²) in [5.41, 5.74) is 1.02. The molecule has 0 fully saturated rings. The molecule has 1 aromatic carbocycles. The summed E-state index contributed by atoms with van der Waals surface area (Å²) in [5, 5.41) is 0. The zero-order valence-electron chi connectivity index (χ0n) is 10.9. The van der Waals surface area contributed by atoms with Gasteiger partial charge in [0.1, 0.15) is 5.82 Å². The molecule has 0 aliphatic rings. The molecule has 5 heteroatoms. The highest BCUT2D eigenvalue weighted by Crippen LogP contribution is 2.48. The van der Waals surface area contributed by atoms with Crippen LogP contribution in [-0.4, -0.2) is 19.4 Å². The number of hydrogen-bond donors (Lipinski definition) is 0. The van der Waals surface area contributed by atoms with Gasteiger partial charge in [-0.15, -0.1) is 0 Å². The molecule has 1 rings (SSSR count). The first-order valence-electron chi connectivity index (χ1n) is 6.22. The van der Waals surface area contributed by atoms with Crippen molar-refractivity contribution in [2.24, 2.45) is 0 Å². The van der Waals surface area contributed by atoms with Gasteiger partial charge in [0.15, 0.2) is 0 Å². The second kappa shape index (κ2) is 7.67. The van der Waals surface area contributed by atoms with Gasteiger partial charge in [-0.25, -0.2) is 4.39 Å². The summed E-state index contributed by atoms with van der Waals surface area (Å²) < 4.78 is 35.3. The highest BCUT2D eigenvalue weighted by Gasteiger charge is 2.22. The Morgan fingerprint density at radius 1 is 1.11 bits per heavy atom. The molecule has 0 spiro atoms. The standard InChI is InChI=1S/C13H20FO3P/c1-3-16-18(15,17-4-2)11-5-6-12-7-9-13(14)10-8-12/h7-10H,3-6,11H2,1-2H3. The maximum atomic E-state index is 12.7. The molecule has 1 aromatic rings. The minimum atomic E-state index is -2.94. The Morgan fingerprint density at radius 2 is 1.67 bits per heavy atom. The van der Waals surface area contributed by atoms with Crippen LogP contribution in [0.3, 0.4) is 0 Å². The van der Waals surface area contributed by atoms with Gasteiger partial charge in [-0.1, -0.05) is 12.1 Å². The van der Waals surface area contributed by atoms with E-state index < -0.39 is 7.60 Å². The smallest absolute Gasteiger partial charge is 0.309 e. The molecular weight excluding hydrogens is 254 g/mol. The van der Waals surface area contributed by atoms with E-state index in [-0.39, 0.29) is 5.82 Å². The van der Waals surface area contributed by atoms with Gasteiger partial charge in [-0.05, 0) is 44.4 Å². The SMILES string of the molecule is CCOP(=O)(CCCc1ccc(F)cc1)OCC. The van der Waals surface area contributed by atoms with Crippen LogP contribution in [-0.2, 0) is 20.0 Å². The summed E-state index contributed by atoms with van der Waals surface area (Å²) in [6.45, 7) is 4.36. The maximum absolute atomic E-state index is 12.7. The van der Waals surface area contributed by atoms with E-state index in [1.807, 2.05) is 0 Å². The lowest BCUT2D eigenvalue weighted by molar-refractivity contribution is 0.220. The summed E-state index contributed by atoms with van der Waals surface area (Å²) in [7, 11) is -2.94. The Labute approximate surface area is 108 Å². The fourth-order valence-electron chi connectivity index (χ4n) is 1.69. The summed E-state index contributed by atoms with van der Waals surface area (Å²) in [5.74, 6) is -0.243. The molecule has 0 bridgehead atoms. The average molecular weight is 274 g/mol. The molecule has 0 N–H and O–H groups in total. The van der Waals surface area contributed by atoms with E-state index >= 15 is 0 Å². The van der Waals surface area contributed by atoms with E-state index in [1.54, 1.807) is 26.0 Å². The molecule has 3 nitrogen and oxygen atoms in total. The Morgan fingerprint density at radius 3 is 2.17 bits per heavy atom. The lowest BCUT2D eigenvalue weighted by Crippen LogP contribution is -2.01. The molecular formula is C13H20FO3P. The third-order valence-electron chi connectivity index (χ3n) is 2.46. The summed E-state index contributed by atoms with van der Waals surface area (Å²) in [6.07, 6.45) is 1.83. The molecule has 0 amide bonds. The van der Waals surface area contributed by atoms with Gasteiger partial charge in [-0.3, -0.25) is 4.57 Å². The van der Waals surface area contributed by atoms with Gasteiger partial charge in [0, 0.05) is 0 Å². The van der Waals surface area contributed by atoms with Crippen molar-refractivity contribution >= 4 is 7.60 Å². The Bertz CT molecular complexity index is 382. The van der Waals surface area contributed by atoms with Crippen LogP contribution in [0, 0.1) is 5.82 Å². The van der Waals surface area contributed by atoms with Crippen molar-refractivity contribution in [1.29, 1.82) is 0 Å². The Balaban J connectivity index is 2.43. The van der Waals surface area contributed by atoms with Crippen LogP contribution in [0.1, 0.15) is 25.8 Å². The number of rotatable bonds is 8. The molecule has 0 radical (unpaired) electrons. The molecule has 0 aliphatic carbocycles. The van der Waals surface area contributed by atoms with Crippen molar-refractivity contribution in [3.8, 4) is 0 Å². The largest absolute Gasteiger partial charge is 0.330 e. The van der Waals surface area contributed by atoms with E-state index in [1.165, 1.54) is 12.1 Å². The number of aryl methyl sites for hydroxylation is 1. The minimum Gasteiger partial charge on any atom is -0.309 e. The normalized spacial score (nSPS) is 11.7. The fraction of sp³-hybridized carbons (Fsp3) is 0.538. The number of hydrogen-bond acceptors (Lipinski definition) is 3. The molecule has 0 saturated heterocycles. The van der Waals surface area contributed by atoms with Gasteiger partial charge < -0.3 is 9.05 Å². The van der Waals surface area contributed by atoms with Crippen molar-refractivity contribution in [2.45, 2.75) is 26.7 Å². The van der Waals surface area contributed by atoms with Crippen LogP contribution < -0.4 is 0 Å². The van der Waals surface area contributed by atoms with Crippen LogP contribution in [0.15, 0.2) is 24.3 Å². The molecule has 0 heterocycles. The topological polar surface area (TPSA) is 35.5 Å². The molecule has 0 saturated carbocycles. The van der Waals surface area contributed by atoms with Crippen molar-refractivity contribution in [3.63, 3.8) is 0 Å². The number of halogens is 1. The van der Waals surface area contributed by atoms with Gasteiger partial charge >= 0.3 is 7.60 Å². The van der Waals surface area contributed by atoms with E-state index in [9.17, 15) is 8.96 Å². The van der Waals surface area contributed by atoms with Crippen molar-refractivity contribution in [1.82, 2.24) is 0 Å². The maximum Gasteiger partial charge on any atom is 0.330 e. The Hall–Kier alpha value is -0.700. The highest BCUT2D eigenvalue weighted by atomic mass is 31.2. The third kappa shape index (κ3) is 5.30. The van der Waals surface area contributed by atoms with Crippen LogP contribution >= 0.6 is 7.60 Å². The van der Waals surface area contributed by atoms with Crippen molar-refractivity contribution in [3.05, 3.63) is 35.6 Å². The van der Waals surface area contributed by atoms with E-state index in [4.69, 9.17) is 9.05 Å². The van der Waals surface area contributed by atoms with Crippen LogP contribution in [0.5, 0.6) is 0 Å². The molecule has 18 heavy (non-hydrogen) atoms. The molecule has 0 unspecified atom stereocenters. The second-order valence-electron chi connectivity index (χ2n) is 3.90. The fourth-order valence-corrected chi connectivity index (χ4v) is 3.35. The Kier molecular flexibility index (Phi) is 6.55. The van der Waals surface area contributed by atoms with Crippen molar-refractivity contribution in [2.75, 3.05) is 19.4 Å². The van der Waals surface area contributed by atoms with Crippen LogP contribution in [0.4, 0.5) is 4.39 Å². The predicted molar refractivity (Wildman–Crippen MR) is 70.4 cm³/mol. The first-order chi connectivity index (χ1) is 8.59. The lowest BCUT2D eigenvalue weighted by atomic mass is 10.1.